The summed E-state index contributed by atoms with van der Waals surface area (Å²) in [6.45, 7) is 0. The number of fused-ring (bicyclic) bond motifs is 4. The highest BCUT2D eigenvalue weighted by atomic mass is 15.1. The maximum Gasteiger partial charge on any atom is 0.0541 e. The molecule has 0 bridgehead atoms. The van der Waals surface area contributed by atoms with Gasteiger partial charge in [0.1, 0.15) is 0 Å². The van der Waals surface area contributed by atoms with Crippen LogP contribution in [0.2, 0.25) is 0 Å². The third kappa shape index (κ3) is 7.31. The van der Waals surface area contributed by atoms with Gasteiger partial charge in [-0.3, -0.25) is 0 Å². The minimum absolute atomic E-state index is 1.09. The molecular formula is C64H44N2. The molecule has 0 fully saturated rings. The van der Waals surface area contributed by atoms with Crippen molar-refractivity contribution in [3.05, 3.63) is 267 Å². The minimum Gasteiger partial charge on any atom is -0.311 e. The molecule has 0 aliphatic rings. The molecule has 0 N–H and O–H groups in total. The molecule has 0 saturated heterocycles. The number of para-hydroxylation sites is 1. The molecule has 310 valence electrons. The van der Waals surface area contributed by atoms with Crippen molar-refractivity contribution >= 4 is 49.6 Å². The largest absolute Gasteiger partial charge is 0.311 e. The SMILES string of the molecule is c1ccc(-c2ccc(N(c3ccc(-c4ccc(-c5ccc6ccccc6c5)cc4)cc3)c3ccc(-c4ccc5c(c4)c4ccccc4n5-c4ccc(-c5ccccc5)cc4)cc3)cc2)cc1. The van der Waals surface area contributed by atoms with E-state index in [0.717, 1.165) is 22.7 Å². The molecule has 0 aliphatic carbocycles. The van der Waals surface area contributed by atoms with E-state index >= 15 is 0 Å². The predicted molar refractivity (Wildman–Crippen MR) is 280 cm³/mol. The molecule has 12 aromatic rings. The van der Waals surface area contributed by atoms with Crippen LogP contribution in [-0.2, 0) is 0 Å². The Morgan fingerprint density at radius 3 is 1.14 bits per heavy atom. The molecule has 1 aromatic heterocycles. The number of nitrogens with zero attached hydrogens (tertiary/aromatic N) is 2. The van der Waals surface area contributed by atoms with Crippen molar-refractivity contribution in [3.63, 3.8) is 0 Å². The van der Waals surface area contributed by atoms with Crippen LogP contribution in [-0.4, -0.2) is 4.57 Å². The Bertz CT molecular complexity index is 3630. The van der Waals surface area contributed by atoms with Crippen LogP contribution >= 0.6 is 0 Å². The fraction of sp³-hybridized carbons (Fsp3) is 0. The topological polar surface area (TPSA) is 8.17 Å². The van der Waals surface area contributed by atoms with E-state index in [2.05, 4.69) is 276 Å². The summed E-state index contributed by atoms with van der Waals surface area (Å²) >= 11 is 0. The average Bonchev–Trinajstić information content (AvgIpc) is 3.73. The Labute approximate surface area is 385 Å². The van der Waals surface area contributed by atoms with Crippen LogP contribution in [0.5, 0.6) is 0 Å². The van der Waals surface area contributed by atoms with Gasteiger partial charge in [-0.05, 0) is 139 Å². The van der Waals surface area contributed by atoms with E-state index in [1.807, 2.05) is 0 Å². The smallest absolute Gasteiger partial charge is 0.0541 e. The summed E-state index contributed by atoms with van der Waals surface area (Å²) in [5.41, 5.74) is 18.8. The van der Waals surface area contributed by atoms with E-state index in [1.165, 1.54) is 88.2 Å². The maximum atomic E-state index is 2.39. The second-order valence-corrected chi connectivity index (χ2v) is 17.0. The lowest BCUT2D eigenvalue weighted by Gasteiger charge is -2.26. The monoisotopic (exact) mass is 840 g/mol. The highest BCUT2D eigenvalue weighted by Crippen LogP contribution is 2.40. The molecule has 0 saturated carbocycles. The summed E-state index contributed by atoms with van der Waals surface area (Å²) < 4.78 is 2.39. The number of benzene rings is 11. The molecule has 0 aliphatic heterocycles. The van der Waals surface area contributed by atoms with Gasteiger partial charge >= 0.3 is 0 Å². The lowest BCUT2D eigenvalue weighted by molar-refractivity contribution is 1.18. The Morgan fingerprint density at radius 1 is 0.227 bits per heavy atom. The maximum absolute atomic E-state index is 2.39. The van der Waals surface area contributed by atoms with Gasteiger partial charge in [0.15, 0.2) is 0 Å². The van der Waals surface area contributed by atoms with Gasteiger partial charge in [0.05, 0.1) is 11.0 Å². The predicted octanol–water partition coefficient (Wildman–Crippen LogP) is 17.7. The van der Waals surface area contributed by atoms with Gasteiger partial charge in [-0.1, -0.05) is 194 Å². The van der Waals surface area contributed by atoms with Crippen molar-refractivity contribution in [2.75, 3.05) is 4.90 Å². The second kappa shape index (κ2) is 16.8. The van der Waals surface area contributed by atoms with Crippen LogP contribution in [0.1, 0.15) is 0 Å². The molecular weight excluding hydrogens is 797 g/mol. The number of hydrogen-bond donors (Lipinski definition) is 0. The zero-order valence-corrected chi connectivity index (χ0v) is 36.3. The Kier molecular flexibility index (Phi) is 9.89. The van der Waals surface area contributed by atoms with Crippen LogP contribution in [0.3, 0.4) is 0 Å². The van der Waals surface area contributed by atoms with Crippen LogP contribution in [0, 0.1) is 0 Å². The van der Waals surface area contributed by atoms with Crippen molar-refractivity contribution in [1.82, 2.24) is 4.57 Å². The molecule has 2 nitrogen and oxygen atoms in total. The lowest BCUT2D eigenvalue weighted by atomic mass is 9.98. The molecule has 0 atom stereocenters. The molecule has 1 heterocycles. The van der Waals surface area contributed by atoms with Crippen molar-refractivity contribution in [2.24, 2.45) is 0 Å². The highest BCUT2D eigenvalue weighted by molar-refractivity contribution is 6.10. The van der Waals surface area contributed by atoms with Gasteiger partial charge in [0.2, 0.25) is 0 Å². The first-order chi connectivity index (χ1) is 32.7. The van der Waals surface area contributed by atoms with Crippen LogP contribution in [0.15, 0.2) is 267 Å². The van der Waals surface area contributed by atoms with E-state index in [0.29, 0.717) is 0 Å². The van der Waals surface area contributed by atoms with Crippen molar-refractivity contribution in [2.45, 2.75) is 0 Å². The summed E-state index contributed by atoms with van der Waals surface area (Å²) in [6, 6.07) is 96.8. The number of rotatable bonds is 9. The van der Waals surface area contributed by atoms with E-state index in [-0.39, 0.29) is 0 Å². The van der Waals surface area contributed by atoms with E-state index in [1.54, 1.807) is 0 Å². The normalized spacial score (nSPS) is 11.3. The third-order valence-corrected chi connectivity index (χ3v) is 13.0. The summed E-state index contributed by atoms with van der Waals surface area (Å²) in [5, 5.41) is 5.00. The van der Waals surface area contributed by atoms with Gasteiger partial charge < -0.3 is 9.47 Å². The average molecular weight is 841 g/mol. The van der Waals surface area contributed by atoms with Crippen molar-refractivity contribution in [1.29, 1.82) is 0 Å². The summed E-state index contributed by atoms with van der Waals surface area (Å²) in [5.74, 6) is 0. The summed E-state index contributed by atoms with van der Waals surface area (Å²) in [7, 11) is 0. The Morgan fingerprint density at radius 2 is 0.591 bits per heavy atom. The summed E-state index contributed by atoms with van der Waals surface area (Å²) in [4.78, 5) is 2.35. The number of anilines is 3. The quantitative estimate of drug-likeness (QED) is 0.141. The van der Waals surface area contributed by atoms with E-state index in [4.69, 9.17) is 0 Å². The lowest BCUT2D eigenvalue weighted by Crippen LogP contribution is -2.09. The van der Waals surface area contributed by atoms with Gasteiger partial charge in [-0.2, -0.15) is 0 Å². The van der Waals surface area contributed by atoms with Gasteiger partial charge in [0, 0.05) is 33.5 Å². The third-order valence-electron chi connectivity index (χ3n) is 13.0. The zero-order chi connectivity index (χ0) is 43.8. The molecule has 12 rings (SSSR count). The molecule has 0 spiro atoms. The molecule has 11 aromatic carbocycles. The van der Waals surface area contributed by atoms with Crippen LogP contribution in [0.25, 0.3) is 93.9 Å². The fourth-order valence-corrected chi connectivity index (χ4v) is 9.57. The standard InChI is InChI=1S/C64H44N2/c1-3-11-45(12-4-1)49-25-34-57(35-26-49)65(58-36-27-51(28-37-58)48-19-21-52(22-20-48)55-24-23-47-15-7-8-16-54(47)43-55)59-38-31-53(32-39-59)56-33-42-64-62(44-56)61-17-9-10-18-63(61)66(64)60-40-29-50(30-41-60)46-13-5-2-6-14-46/h1-44H. The van der Waals surface area contributed by atoms with E-state index < -0.39 is 0 Å². The van der Waals surface area contributed by atoms with Gasteiger partial charge in [0.25, 0.3) is 0 Å². The Balaban J connectivity index is 0.867. The van der Waals surface area contributed by atoms with Crippen molar-refractivity contribution < 1.29 is 0 Å². The molecule has 0 amide bonds. The first kappa shape index (κ1) is 38.9. The first-order valence-electron chi connectivity index (χ1n) is 22.7. The number of hydrogen-bond acceptors (Lipinski definition) is 1. The molecule has 0 radical (unpaired) electrons. The Hall–Kier alpha value is -8.72. The molecule has 2 heteroatoms. The highest BCUT2D eigenvalue weighted by Gasteiger charge is 2.16. The minimum atomic E-state index is 1.09. The van der Waals surface area contributed by atoms with Gasteiger partial charge in [-0.25, -0.2) is 0 Å². The van der Waals surface area contributed by atoms with E-state index in [9.17, 15) is 0 Å². The fourth-order valence-electron chi connectivity index (χ4n) is 9.57. The second-order valence-electron chi connectivity index (χ2n) is 17.0. The zero-order valence-electron chi connectivity index (χ0n) is 36.3. The molecule has 66 heavy (non-hydrogen) atoms. The molecule has 0 unspecified atom stereocenters. The summed E-state index contributed by atoms with van der Waals surface area (Å²) in [6.07, 6.45) is 0. The number of aromatic nitrogens is 1. The van der Waals surface area contributed by atoms with Gasteiger partial charge in [-0.15, -0.1) is 0 Å². The van der Waals surface area contributed by atoms with Crippen LogP contribution in [0.4, 0.5) is 17.1 Å². The van der Waals surface area contributed by atoms with Crippen molar-refractivity contribution in [3.8, 4) is 61.3 Å². The first-order valence-corrected chi connectivity index (χ1v) is 22.7. The van der Waals surface area contributed by atoms with Crippen LogP contribution < -0.4 is 4.90 Å².